The predicted molar refractivity (Wildman–Crippen MR) is 94.4 cm³/mol. The lowest BCUT2D eigenvalue weighted by Crippen LogP contribution is -2.29. The zero-order chi connectivity index (χ0) is 17.6. The van der Waals surface area contributed by atoms with Gasteiger partial charge in [-0.3, -0.25) is 0 Å². The molecule has 2 aromatic carbocycles. The number of carbonyl (C=O) groups excluding carboxylic acids is 2. The zero-order valence-corrected chi connectivity index (χ0v) is 14.2. The second-order valence-electron chi connectivity index (χ2n) is 5.64. The first-order valence-corrected chi connectivity index (χ1v) is 8.89. The highest BCUT2D eigenvalue weighted by Crippen LogP contribution is 2.35. The first kappa shape index (κ1) is 17.5. The summed E-state index contributed by atoms with van der Waals surface area (Å²) in [5.74, 6) is -0.879. The summed E-state index contributed by atoms with van der Waals surface area (Å²) in [6, 6.07) is 17.4. The van der Waals surface area contributed by atoms with Crippen LogP contribution in [0, 0.1) is 0 Å². The second kappa shape index (κ2) is 8.18. The number of hydrogen-bond acceptors (Lipinski definition) is 6. The summed E-state index contributed by atoms with van der Waals surface area (Å²) in [4.78, 5) is 24.2. The van der Waals surface area contributed by atoms with Crippen LogP contribution in [0.1, 0.15) is 27.1 Å². The van der Waals surface area contributed by atoms with Crippen LogP contribution in [0.25, 0.3) is 0 Å². The van der Waals surface area contributed by atoms with Gasteiger partial charge in [-0.2, -0.15) is 0 Å². The van der Waals surface area contributed by atoms with Crippen LogP contribution in [0.15, 0.2) is 60.7 Å². The van der Waals surface area contributed by atoms with Crippen molar-refractivity contribution in [2.45, 2.75) is 23.2 Å². The summed E-state index contributed by atoms with van der Waals surface area (Å²) in [6.45, 7) is 0.0716. The number of benzene rings is 2. The monoisotopic (exact) mass is 358 g/mol. The van der Waals surface area contributed by atoms with E-state index < -0.39 is 23.5 Å². The lowest BCUT2D eigenvalue weighted by atomic mass is 10.2. The van der Waals surface area contributed by atoms with Crippen LogP contribution < -0.4 is 0 Å². The van der Waals surface area contributed by atoms with Crippen LogP contribution in [-0.2, 0) is 9.47 Å². The topological polar surface area (TPSA) is 72.8 Å². The fourth-order valence-electron chi connectivity index (χ4n) is 2.56. The summed E-state index contributed by atoms with van der Waals surface area (Å²) >= 11 is 1.25. The van der Waals surface area contributed by atoms with Crippen molar-refractivity contribution in [3.63, 3.8) is 0 Å². The molecule has 0 amide bonds. The Kier molecular flexibility index (Phi) is 5.73. The number of hydrogen-bond donors (Lipinski definition) is 1. The van der Waals surface area contributed by atoms with E-state index in [1.54, 1.807) is 48.5 Å². The van der Waals surface area contributed by atoms with Gasteiger partial charge in [-0.05, 0) is 24.3 Å². The Bertz CT molecular complexity index is 719. The molecule has 1 saturated heterocycles. The van der Waals surface area contributed by atoms with Crippen molar-refractivity contribution in [3.05, 3.63) is 71.8 Å². The van der Waals surface area contributed by atoms with Crippen LogP contribution in [-0.4, -0.2) is 40.4 Å². The van der Waals surface area contributed by atoms with E-state index in [9.17, 15) is 14.7 Å². The number of esters is 2. The number of ether oxygens (including phenoxy) is 2. The molecule has 1 unspecified atom stereocenters. The van der Waals surface area contributed by atoms with E-state index in [-0.39, 0.29) is 11.9 Å². The first-order chi connectivity index (χ1) is 12.1. The molecule has 6 heteroatoms. The Morgan fingerprint density at radius 2 is 1.52 bits per heavy atom. The van der Waals surface area contributed by atoms with E-state index in [0.717, 1.165) is 0 Å². The minimum absolute atomic E-state index is 0.0716. The summed E-state index contributed by atoms with van der Waals surface area (Å²) in [6.07, 6.45) is -0.187. The SMILES string of the molecule is O=C(OC[C@H]1SC(O)C[C@@H]1OC(=O)c1ccccc1)c1ccccc1. The fourth-order valence-corrected chi connectivity index (χ4v) is 3.75. The van der Waals surface area contributed by atoms with Gasteiger partial charge in [0.15, 0.2) is 0 Å². The Balaban J connectivity index is 1.58. The van der Waals surface area contributed by atoms with E-state index >= 15 is 0 Å². The number of carbonyl (C=O) groups is 2. The molecule has 1 heterocycles. The molecule has 5 nitrogen and oxygen atoms in total. The largest absolute Gasteiger partial charge is 0.461 e. The number of thioether (sulfide) groups is 1. The van der Waals surface area contributed by atoms with Gasteiger partial charge in [0.2, 0.25) is 0 Å². The van der Waals surface area contributed by atoms with E-state index in [2.05, 4.69) is 0 Å². The van der Waals surface area contributed by atoms with Gasteiger partial charge in [-0.15, -0.1) is 11.8 Å². The lowest BCUT2D eigenvalue weighted by molar-refractivity contribution is 0.0178. The lowest BCUT2D eigenvalue weighted by Gasteiger charge is -2.19. The number of aliphatic hydroxyl groups is 1. The van der Waals surface area contributed by atoms with Crippen molar-refractivity contribution in [2.75, 3.05) is 6.61 Å². The van der Waals surface area contributed by atoms with Crippen molar-refractivity contribution in [2.24, 2.45) is 0 Å². The molecule has 1 aliphatic heterocycles. The molecule has 3 rings (SSSR count). The summed E-state index contributed by atoms with van der Waals surface area (Å²) in [5.41, 5.74) is 0.270. The van der Waals surface area contributed by atoms with Gasteiger partial charge >= 0.3 is 11.9 Å². The number of rotatable bonds is 5. The van der Waals surface area contributed by atoms with Gasteiger partial charge in [-0.1, -0.05) is 36.4 Å². The van der Waals surface area contributed by atoms with Crippen molar-refractivity contribution in [1.82, 2.24) is 0 Å². The molecule has 25 heavy (non-hydrogen) atoms. The minimum Gasteiger partial charge on any atom is -0.461 e. The maximum atomic E-state index is 12.2. The van der Waals surface area contributed by atoms with Gasteiger partial charge in [-0.25, -0.2) is 9.59 Å². The molecule has 130 valence electrons. The molecule has 0 aliphatic carbocycles. The van der Waals surface area contributed by atoms with Crippen LogP contribution in [0.5, 0.6) is 0 Å². The normalized spacial score (nSPS) is 22.4. The smallest absolute Gasteiger partial charge is 0.338 e. The Morgan fingerprint density at radius 3 is 2.12 bits per heavy atom. The molecular formula is C19H18O5S. The van der Waals surface area contributed by atoms with Crippen molar-refractivity contribution < 1.29 is 24.2 Å². The summed E-state index contributed by atoms with van der Waals surface area (Å²) in [7, 11) is 0. The third-order valence-electron chi connectivity index (χ3n) is 3.84. The molecule has 0 saturated carbocycles. The van der Waals surface area contributed by atoms with Crippen LogP contribution in [0.3, 0.4) is 0 Å². The molecule has 0 bridgehead atoms. The van der Waals surface area contributed by atoms with Crippen LogP contribution in [0.2, 0.25) is 0 Å². The average molecular weight is 358 g/mol. The highest BCUT2D eigenvalue weighted by Gasteiger charge is 2.38. The van der Waals surface area contributed by atoms with Gasteiger partial charge in [0, 0.05) is 6.42 Å². The standard InChI is InChI=1S/C19H18O5S/c20-17-11-15(24-19(22)14-9-5-2-6-10-14)16(25-17)12-23-18(21)13-7-3-1-4-8-13/h1-10,15-17,20H,11-12H2/t15-,16+,17?/m0/s1. The van der Waals surface area contributed by atoms with Gasteiger partial charge in [0.25, 0.3) is 0 Å². The average Bonchev–Trinajstić information content (AvgIpc) is 3.00. The zero-order valence-electron chi connectivity index (χ0n) is 13.4. The second-order valence-corrected chi connectivity index (χ2v) is 7.06. The van der Waals surface area contributed by atoms with Gasteiger partial charge in [0.1, 0.15) is 18.1 Å². The van der Waals surface area contributed by atoms with Gasteiger partial charge in [0.05, 0.1) is 16.4 Å². The quantitative estimate of drug-likeness (QED) is 0.829. The Morgan fingerprint density at radius 1 is 0.960 bits per heavy atom. The molecule has 1 fully saturated rings. The third kappa shape index (κ3) is 4.61. The molecular weight excluding hydrogens is 340 g/mol. The maximum absolute atomic E-state index is 12.2. The first-order valence-electron chi connectivity index (χ1n) is 7.95. The van der Waals surface area contributed by atoms with Crippen molar-refractivity contribution in [1.29, 1.82) is 0 Å². The van der Waals surface area contributed by atoms with E-state index in [1.165, 1.54) is 11.8 Å². The van der Waals surface area contributed by atoms with E-state index in [0.29, 0.717) is 17.5 Å². The van der Waals surface area contributed by atoms with Crippen molar-refractivity contribution in [3.8, 4) is 0 Å². The van der Waals surface area contributed by atoms with Gasteiger partial charge < -0.3 is 14.6 Å². The van der Waals surface area contributed by atoms with Crippen LogP contribution >= 0.6 is 11.8 Å². The Labute approximate surface area is 150 Å². The molecule has 0 aromatic heterocycles. The molecule has 1 aliphatic rings. The van der Waals surface area contributed by atoms with Crippen LogP contribution in [0.4, 0.5) is 0 Å². The highest BCUT2D eigenvalue weighted by atomic mass is 32.2. The summed E-state index contributed by atoms with van der Waals surface area (Å²) < 4.78 is 10.8. The van der Waals surface area contributed by atoms with E-state index in [1.807, 2.05) is 12.1 Å². The molecule has 3 atom stereocenters. The summed E-state index contributed by atoms with van der Waals surface area (Å²) in [5, 5.41) is 9.57. The maximum Gasteiger partial charge on any atom is 0.338 e. The third-order valence-corrected chi connectivity index (χ3v) is 5.13. The van der Waals surface area contributed by atoms with Crippen molar-refractivity contribution >= 4 is 23.7 Å². The molecule has 2 aromatic rings. The molecule has 0 radical (unpaired) electrons. The highest BCUT2D eigenvalue weighted by molar-refractivity contribution is 8.00. The predicted octanol–water partition coefficient (Wildman–Crippen LogP) is 2.89. The number of aliphatic hydroxyl groups excluding tert-OH is 1. The molecule has 1 N–H and O–H groups in total. The fraction of sp³-hybridized carbons (Fsp3) is 0.263. The van der Waals surface area contributed by atoms with E-state index in [4.69, 9.17) is 9.47 Å². The molecule has 0 spiro atoms. The minimum atomic E-state index is -0.644. The Hall–Kier alpha value is -2.31.